The largest absolute Gasteiger partial charge is 0.337 e. The van der Waals surface area contributed by atoms with Crippen LogP contribution in [0.25, 0.3) is 16.9 Å². The van der Waals surface area contributed by atoms with Gasteiger partial charge in [0.1, 0.15) is 0 Å². The number of amides is 3. The van der Waals surface area contributed by atoms with E-state index in [1.165, 1.54) is 5.56 Å². The summed E-state index contributed by atoms with van der Waals surface area (Å²) in [6.45, 7) is 10.8. The van der Waals surface area contributed by atoms with Crippen molar-refractivity contribution >= 4 is 34.8 Å². The minimum Gasteiger partial charge on any atom is -0.337 e. The number of carbonyl (C=O) groups is 2. The Bertz CT molecular complexity index is 1770. The number of nitrogens with one attached hydrogen (secondary N) is 3. The Morgan fingerprint density at radius 1 is 0.955 bits per heavy atom. The molecule has 0 saturated carbocycles. The van der Waals surface area contributed by atoms with E-state index in [0.717, 1.165) is 22.5 Å². The number of imidazole rings is 1. The Hall–Kier alpha value is -5.18. The molecule has 0 unspecified atom stereocenters. The lowest BCUT2D eigenvalue weighted by atomic mass is 9.87. The summed E-state index contributed by atoms with van der Waals surface area (Å²) in [4.78, 5) is 36.3. The van der Waals surface area contributed by atoms with Gasteiger partial charge in [-0.25, -0.2) is 14.8 Å². The molecule has 0 radical (unpaired) electrons. The number of nitrogens with zero attached hydrogens (tertiary/aromatic N) is 4. The summed E-state index contributed by atoms with van der Waals surface area (Å²) in [5.74, 6) is 0.431. The van der Waals surface area contributed by atoms with Gasteiger partial charge in [0.25, 0.3) is 5.91 Å². The second-order valence-corrected chi connectivity index (χ2v) is 12.3. The molecule has 3 aromatic carbocycles. The molecule has 3 amide bonds. The highest BCUT2D eigenvalue weighted by Gasteiger charge is 2.16. The molecule has 0 saturated heterocycles. The van der Waals surface area contributed by atoms with E-state index in [0.29, 0.717) is 29.3 Å². The van der Waals surface area contributed by atoms with Crippen LogP contribution in [0.3, 0.4) is 0 Å². The van der Waals surface area contributed by atoms with Crippen molar-refractivity contribution in [2.75, 3.05) is 17.7 Å². The van der Waals surface area contributed by atoms with Crippen molar-refractivity contribution in [1.29, 1.82) is 0 Å². The molecule has 5 aromatic rings. The van der Waals surface area contributed by atoms with Crippen molar-refractivity contribution in [3.63, 3.8) is 0 Å². The number of carbonyl (C=O) groups excluding carboxylic acids is 2. The van der Waals surface area contributed by atoms with Crippen LogP contribution in [0, 0.1) is 0 Å². The molecular formula is C35H39N7O2. The van der Waals surface area contributed by atoms with Gasteiger partial charge < -0.3 is 25.3 Å². The van der Waals surface area contributed by atoms with Crippen molar-refractivity contribution in [3.05, 3.63) is 108 Å². The van der Waals surface area contributed by atoms with Gasteiger partial charge in [0.15, 0.2) is 11.5 Å². The van der Waals surface area contributed by atoms with Crippen molar-refractivity contribution in [2.45, 2.75) is 52.6 Å². The minimum atomic E-state index is -0.168. The molecule has 2 aromatic heterocycles. The van der Waals surface area contributed by atoms with Gasteiger partial charge in [-0.1, -0.05) is 57.2 Å². The monoisotopic (exact) mass is 589 g/mol. The van der Waals surface area contributed by atoms with Crippen LogP contribution in [0.4, 0.5) is 22.0 Å². The maximum absolute atomic E-state index is 13.0. The second-order valence-electron chi connectivity index (χ2n) is 12.3. The number of hydrogen-bond donors (Lipinski definition) is 3. The zero-order valence-corrected chi connectivity index (χ0v) is 26.1. The van der Waals surface area contributed by atoms with E-state index < -0.39 is 0 Å². The molecule has 9 heteroatoms. The van der Waals surface area contributed by atoms with Gasteiger partial charge in [0, 0.05) is 60.7 Å². The van der Waals surface area contributed by atoms with Crippen molar-refractivity contribution in [2.24, 2.45) is 0 Å². The molecule has 2 heterocycles. The molecular weight excluding hydrogens is 550 g/mol. The number of benzene rings is 3. The van der Waals surface area contributed by atoms with Crippen molar-refractivity contribution < 1.29 is 9.59 Å². The van der Waals surface area contributed by atoms with Crippen LogP contribution in [0.2, 0.25) is 0 Å². The highest BCUT2D eigenvalue weighted by Crippen LogP contribution is 2.27. The van der Waals surface area contributed by atoms with Crippen LogP contribution in [0.1, 0.15) is 56.1 Å². The summed E-state index contributed by atoms with van der Waals surface area (Å²) >= 11 is 0. The molecule has 0 spiro atoms. The highest BCUT2D eigenvalue weighted by molar-refractivity contribution is 6.04. The van der Waals surface area contributed by atoms with Crippen LogP contribution < -0.4 is 16.0 Å². The average molecular weight is 590 g/mol. The van der Waals surface area contributed by atoms with Gasteiger partial charge in [0.2, 0.25) is 0 Å². The van der Waals surface area contributed by atoms with Crippen LogP contribution >= 0.6 is 0 Å². The Kier molecular flexibility index (Phi) is 8.66. The van der Waals surface area contributed by atoms with E-state index in [1.54, 1.807) is 18.1 Å². The van der Waals surface area contributed by atoms with E-state index in [2.05, 4.69) is 41.7 Å². The second kappa shape index (κ2) is 12.6. The Morgan fingerprint density at radius 3 is 2.36 bits per heavy atom. The molecule has 0 atom stereocenters. The molecule has 5 rings (SSSR count). The molecule has 0 aliphatic rings. The maximum Gasteiger partial charge on any atom is 0.317 e. The first kappa shape index (κ1) is 30.3. The van der Waals surface area contributed by atoms with Gasteiger partial charge in [-0.05, 0) is 66.8 Å². The van der Waals surface area contributed by atoms with Crippen molar-refractivity contribution in [3.8, 4) is 11.3 Å². The Labute approximate surface area is 258 Å². The SMILES string of the molecule is CC(C)NC(=O)N(C)Cc1ccc(Nc2nc(-c3cccc(NC(=O)c4ccc(C(C)(C)C)cc4)c3)cn3ccnc23)cc1. The van der Waals surface area contributed by atoms with Crippen LogP contribution in [0.5, 0.6) is 0 Å². The summed E-state index contributed by atoms with van der Waals surface area (Å²) in [6.07, 6.45) is 5.52. The molecule has 3 N–H and O–H groups in total. The lowest BCUT2D eigenvalue weighted by Gasteiger charge is -2.20. The number of rotatable bonds is 8. The molecule has 44 heavy (non-hydrogen) atoms. The number of hydrogen-bond acceptors (Lipinski definition) is 5. The third kappa shape index (κ3) is 7.23. The summed E-state index contributed by atoms with van der Waals surface area (Å²) in [7, 11) is 1.78. The van der Waals surface area contributed by atoms with Gasteiger partial charge in [-0.15, -0.1) is 0 Å². The van der Waals surface area contributed by atoms with Crippen molar-refractivity contribution in [1.82, 2.24) is 24.6 Å². The Morgan fingerprint density at radius 2 is 1.68 bits per heavy atom. The van der Waals surface area contributed by atoms with Crippen LogP contribution in [0.15, 0.2) is 91.4 Å². The number of anilines is 3. The molecule has 0 fully saturated rings. The summed E-state index contributed by atoms with van der Waals surface area (Å²) < 4.78 is 1.92. The zero-order chi connectivity index (χ0) is 31.4. The zero-order valence-electron chi connectivity index (χ0n) is 26.1. The topological polar surface area (TPSA) is 104 Å². The van der Waals surface area contributed by atoms with E-state index in [1.807, 2.05) is 103 Å². The Balaban J connectivity index is 1.33. The lowest BCUT2D eigenvalue weighted by molar-refractivity contribution is 0.102. The fraction of sp³-hybridized carbons (Fsp3) is 0.257. The number of urea groups is 1. The van der Waals surface area contributed by atoms with Crippen LogP contribution in [-0.2, 0) is 12.0 Å². The maximum atomic E-state index is 13.0. The predicted molar refractivity (Wildman–Crippen MR) is 176 cm³/mol. The fourth-order valence-corrected chi connectivity index (χ4v) is 4.77. The molecule has 0 aliphatic carbocycles. The van der Waals surface area contributed by atoms with Gasteiger partial charge in [0.05, 0.1) is 5.69 Å². The number of fused-ring (bicyclic) bond motifs is 1. The van der Waals surface area contributed by atoms with Gasteiger partial charge in [-0.2, -0.15) is 0 Å². The number of aromatic nitrogens is 3. The minimum absolute atomic E-state index is 0.0212. The third-order valence-corrected chi connectivity index (χ3v) is 7.20. The standard InChI is InChI=1S/C35H39N7O2/c1-23(2)37-34(44)41(6)21-24-10-16-28(17-11-24)38-31-32-36-18-19-42(32)22-30(40-31)26-8-7-9-29(20-26)39-33(43)25-12-14-27(15-13-25)35(3,4)5/h7-20,22-23H,21H2,1-6H3,(H,37,44)(H,38,40)(H,39,43). The van der Waals surface area contributed by atoms with Gasteiger partial charge >= 0.3 is 6.03 Å². The fourth-order valence-electron chi connectivity index (χ4n) is 4.77. The van der Waals surface area contributed by atoms with E-state index >= 15 is 0 Å². The molecule has 0 aliphatic heterocycles. The normalized spacial score (nSPS) is 11.4. The van der Waals surface area contributed by atoms with E-state index in [4.69, 9.17) is 4.98 Å². The van der Waals surface area contributed by atoms with E-state index in [9.17, 15) is 9.59 Å². The lowest BCUT2D eigenvalue weighted by Crippen LogP contribution is -2.40. The predicted octanol–water partition coefficient (Wildman–Crippen LogP) is 7.24. The average Bonchev–Trinajstić information content (AvgIpc) is 3.47. The summed E-state index contributed by atoms with van der Waals surface area (Å²) in [5, 5.41) is 9.32. The molecule has 226 valence electrons. The summed E-state index contributed by atoms with van der Waals surface area (Å²) in [5.41, 5.74) is 6.58. The van der Waals surface area contributed by atoms with Gasteiger partial charge in [-0.3, -0.25) is 4.79 Å². The quantitative estimate of drug-likeness (QED) is 0.177. The first-order chi connectivity index (χ1) is 21.0. The molecule has 0 bridgehead atoms. The first-order valence-electron chi connectivity index (χ1n) is 14.7. The third-order valence-electron chi connectivity index (χ3n) is 7.20. The smallest absolute Gasteiger partial charge is 0.317 e. The summed E-state index contributed by atoms with van der Waals surface area (Å²) in [6, 6.07) is 23.2. The van der Waals surface area contributed by atoms with Crippen LogP contribution in [-0.4, -0.2) is 44.3 Å². The first-order valence-corrected chi connectivity index (χ1v) is 14.7. The van der Waals surface area contributed by atoms with E-state index in [-0.39, 0.29) is 23.4 Å². The highest BCUT2D eigenvalue weighted by atomic mass is 16.2. The molecule has 9 nitrogen and oxygen atoms in total.